The van der Waals surface area contributed by atoms with Gasteiger partial charge in [0.2, 0.25) is 0 Å². The van der Waals surface area contributed by atoms with Crippen LogP contribution in [0.2, 0.25) is 0 Å². The van der Waals surface area contributed by atoms with Crippen molar-refractivity contribution < 1.29 is 17.9 Å². The Labute approximate surface area is 119 Å². The zero-order valence-corrected chi connectivity index (χ0v) is 12.6. The lowest BCUT2D eigenvalue weighted by atomic mass is 9.54. The lowest BCUT2D eigenvalue weighted by molar-refractivity contribution is -0.148. The lowest BCUT2D eigenvalue weighted by Gasteiger charge is -2.59. The van der Waals surface area contributed by atoms with E-state index in [0.717, 1.165) is 6.42 Å². The number of nitrogens with two attached hydrogens (primary N) is 1. The number of ether oxygens (including phenoxy) is 1. The molecule has 0 aromatic carbocycles. The summed E-state index contributed by atoms with van der Waals surface area (Å²) in [6.45, 7) is 8.00. The molecule has 3 nitrogen and oxygen atoms in total. The first-order valence-electron chi connectivity index (χ1n) is 7.30. The van der Waals surface area contributed by atoms with Gasteiger partial charge in [0.15, 0.2) is 0 Å². The minimum atomic E-state index is -4.05. The minimum absolute atomic E-state index is 0.109. The molecule has 1 aliphatic rings. The highest BCUT2D eigenvalue weighted by molar-refractivity contribution is 5.14. The zero-order valence-electron chi connectivity index (χ0n) is 12.6. The minimum Gasteiger partial charge on any atom is -0.378 e. The highest BCUT2D eigenvalue weighted by Gasteiger charge is 2.57. The summed E-state index contributed by atoms with van der Waals surface area (Å²) in [5, 5.41) is 3.18. The lowest BCUT2D eigenvalue weighted by Crippen LogP contribution is -2.73. The maximum atomic E-state index is 12.0. The second kappa shape index (κ2) is 6.62. The van der Waals surface area contributed by atoms with Crippen LogP contribution in [-0.4, -0.2) is 37.5 Å². The summed E-state index contributed by atoms with van der Waals surface area (Å²) in [5.74, 6) is 0. The van der Waals surface area contributed by atoms with Crippen molar-refractivity contribution >= 4 is 0 Å². The van der Waals surface area contributed by atoms with Gasteiger partial charge in [-0.05, 0) is 32.7 Å². The predicted molar refractivity (Wildman–Crippen MR) is 73.5 cm³/mol. The van der Waals surface area contributed by atoms with Crippen molar-refractivity contribution in [3.63, 3.8) is 0 Å². The maximum Gasteiger partial charge on any atom is 0.389 e. The molecule has 0 aromatic heterocycles. The highest BCUT2D eigenvalue weighted by Crippen LogP contribution is 2.49. The van der Waals surface area contributed by atoms with Crippen LogP contribution in [0.3, 0.4) is 0 Å². The standard InChI is InChI=1S/C14H27F3N2O/c1-4-20-11-9-13(18,12(11,2)3)10-19-8-6-5-7-14(15,16)17/h11,19H,4-10,18H2,1-3H3. The molecular weight excluding hydrogens is 269 g/mol. The SMILES string of the molecule is CCOC1CC(N)(CNCCCCC(F)(F)F)C1(C)C. The molecule has 120 valence electrons. The van der Waals surface area contributed by atoms with Crippen molar-refractivity contribution in [2.24, 2.45) is 11.1 Å². The van der Waals surface area contributed by atoms with Gasteiger partial charge in [-0.2, -0.15) is 13.2 Å². The van der Waals surface area contributed by atoms with Gasteiger partial charge < -0.3 is 15.8 Å². The van der Waals surface area contributed by atoms with Gasteiger partial charge in [-0.15, -0.1) is 0 Å². The number of hydrogen-bond acceptors (Lipinski definition) is 3. The maximum absolute atomic E-state index is 12.0. The van der Waals surface area contributed by atoms with Gasteiger partial charge in [-0.1, -0.05) is 13.8 Å². The molecule has 0 bridgehead atoms. The summed E-state index contributed by atoms with van der Waals surface area (Å²) in [5.41, 5.74) is 5.92. The van der Waals surface area contributed by atoms with Gasteiger partial charge in [0.1, 0.15) is 0 Å². The van der Waals surface area contributed by atoms with Crippen LogP contribution in [0.25, 0.3) is 0 Å². The molecule has 0 spiro atoms. The van der Waals surface area contributed by atoms with Gasteiger partial charge >= 0.3 is 6.18 Å². The van der Waals surface area contributed by atoms with E-state index in [9.17, 15) is 13.2 Å². The van der Waals surface area contributed by atoms with Crippen molar-refractivity contribution in [1.82, 2.24) is 5.32 Å². The third kappa shape index (κ3) is 4.33. The number of nitrogens with one attached hydrogen (secondary N) is 1. The van der Waals surface area contributed by atoms with Gasteiger partial charge in [0, 0.05) is 30.5 Å². The number of alkyl halides is 3. The average molecular weight is 296 g/mol. The molecule has 3 N–H and O–H groups in total. The molecule has 1 aliphatic carbocycles. The van der Waals surface area contributed by atoms with Crippen LogP contribution < -0.4 is 11.1 Å². The monoisotopic (exact) mass is 296 g/mol. The van der Waals surface area contributed by atoms with Gasteiger partial charge in [-0.3, -0.25) is 0 Å². The second-order valence-corrected chi connectivity index (χ2v) is 6.27. The Kier molecular flexibility index (Phi) is 5.87. The van der Waals surface area contributed by atoms with Crippen LogP contribution in [0, 0.1) is 5.41 Å². The highest BCUT2D eigenvalue weighted by atomic mass is 19.4. The van der Waals surface area contributed by atoms with Crippen molar-refractivity contribution in [2.45, 2.75) is 64.3 Å². The first-order valence-corrected chi connectivity index (χ1v) is 7.30. The van der Waals surface area contributed by atoms with Crippen molar-refractivity contribution in [2.75, 3.05) is 19.7 Å². The second-order valence-electron chi connectivity index (χ2n) is 6.27. The van der Waals surface area contributed by atoms with E-state index < -0.39 is 12.6 Å². The van der Waals surface area contributed by atoms with E-state index >= 15 is 0 Å². The molecular formula is C14H27F3N2O. The quantitative estimate of drug-likeness (QED) is 0.677. The number of rotatable bonds is 8. The molecule has 0 aliphatic heterocycles. The molecule has 1 rings (SSSR count). The van der Waals surface area contributed by atoms with E-state index in [4.69, 9.17) is 10.5 Å². The van der Waals surface area contributed by atoms with E-state index in [2.05, 4.69) is 19.2 Å². The Bertz CT molecular complexity index is 307. The molecule has 0 saturated heterocycles. The van der Waals surface area contributed by atoms with E-state index in [1.165, 1.54) is 0 Å². The molecule has 6 heteroatoms. The summed E-state index contributed by atoms with van der Waals surface area (Å²) < 4.78 is 41.6. The van der Waals surface area contributed by atoms with Crippen LogP contribution in [0.4, 0.5) is 13.2 Å². The molecule has 20 heavy (non-hydrogen) atoms. The molecule has 0 radical (unpaired) electrons. The third-order valence-corrected chi connectivity index (χ3v) is 4.51. The van der Waals surface area contributed by atoms with Gasteiger partial charge in [0.05, 0.1) is 6.10 Å². The first kappa shape index (κ1) is 17.7. The summed E-state index contributed by atoms with van der Waals surface area (Å²) in [6.07, 6.45) is -3.10. The Hall–Kier alpha value is -0.330. The van der Waals surface area contributed by atoms with Crippen LogP contribution >= 0.6 is 0 Å². The Morgan fingerprint density at radius 2 is 1.95 bits per heavy atom. The number of unbranched alkanes of at least 4 members (excludes halogenated alkanes) is 1. The summed E-state index contributed by atoms with van der Waals surface area (Å²) >= 11 is 0. The van der Waals surface area contributed by atoms with E-state index in [-0.39, 0.29) is 23.5 Å². The number of hydrogen-bond donors (Lipinski definition) is 2. The third-order valence-electron chi connectivity index (χ3n) is 4.51. The molecule has 0 aromatic rings. The fourth-order valence-electron chi connectivity index (χ4n) is 2.69. The van der Waals surface area contributed by atoms with Gasteiger partial charge in [0.25, 0.3) is 0 Å². The van der Waals surface area contributed by atoms with Gasteiger partial charge in [-0.25, -0.2) is 0 Å². The molecule has 0 heterocycles. The molecule has 2 unspecified atom stereocenters. The molecule has 1 fully saturated rings. The fourth-order valence-corrected chi connectivity index (χ4v) is 2.69. The Balaban J connectivity index is 2.19. The van der Waals surface area contributed by atoms with E-state index in [1.54, 1.807) is 0 Å². The van der Waals surface area contributed by atoms with E-state index in [1.807, 2.05) is 6.92 Å². The van der Waals surface area contributed by atoms with Crippen LogP contribution in [0.5, 0.6) is 0 Å². The van der Waals surface area contributed by atoms with Crippen molar-refractivity contribution in [3.05, 3.63) is 0 Å². The van der Waals surface area contributed by atoms with Crippen LogP contribution in [0.1, 0.15) is 46.5 Å². The topological polar surface area (TPSA) is 47.3 Å². The summed E-state index contributed by atoms with van der Waals surface area (Å²) in [6, 6.07) is 0. The molecule has 2 atom stereocenters. The van der Waals surface area contributed by atoms with Crippen LogP contribution in [0.15, 0.2) is 0 Å². The molecule has 1 saturated carbocycles. The normalized spacial score (nSPS) is 29.2. The van der Waals surface area contributed by atoms with Crippen LogP contribution in [-0.2, 0) is 4.74 Å². The fraction of sp³-hybridized carbons (Fsp3) is 1.00. The largest absolute Gasteiger partial charge is 0.389 e. The first-order chi connectivity index (χ1) is 9.12. The average Bonchev–Trinajstić information content (AvgIpc) is 2.32. The number of halogens is 3. The smallest absolute Gasteiger partial charge is 0.378 e. The summed E-state index contributed by atoms with van der Waals surface area (Å²) in [4.78, 5) is 0. The Morgan fingerprint density at radius 1 is 1.30 bits per heavy atom. The van der Waals surface area contributed by atoms with Crippen molar-refractivity contribution in [3.8, 4) is 0 Å². The van der Waals surface area contributed by atoms with E-state index in [0.29, 0.717) is 26.1 Å². The molecule has 0 amide bonds. The Morgan fingerprint density at radius 3 is 2.45 bits per heavy atom. The predicted octanol–water partition coefficient (Wildman–Crippen LogP) is 2.84. The van der Waals surface area contributed by atoms with Crippen molar-refractivity contribution in [1.29, 1.82) is 0 Å². The summed E-state index contributed by atoms with van der Waals surface area (Å²) in [7, 11) is 0. The zero-order chi connectivity index (χ0) is 15.4.